The first-order valence-corrected chi connectivity index (χ1v) is 8.66. The van der Waals surface area contributed by atoms with Crippen molar-refractivity contribution in [1.82, 2.24) is 0 Å². The molecule has 1 aliphatic heterocycles. The monoisotopic (exact) mass is 373 g/mol. The van der Waals surface area contributed by atoms with Gasteiger partial charge in [0.2, 0.25) is 0 Å². The van der Waals surface area contributed by atoms with Crippen molar-refractivity contribution in [2.24, 2.45) is 5.16 Å². The zero-order valence-corrected chi connectivity index (χ0v) is 15.4. The fraction of sp³-hybridized carbons (Fsp3) is 0.300. The lowest BCUT2D eigenvalue weighted by Crippen LogP contribution is -2.45. The lowest BCUT2D eigenvalue weighted by atomic mass is 9.86. The average Bonchev–Trinajstić information content (AvgIpc) is 3.01. The fourth-order valence-electron chi connectivity index (χ4n) is 2.97. The molecule has 0 fully saturated rings. The molecule has 1 N–H and O–H groups in total. The van der Waals surface area contributed by atoms with Gasteiger partial charge in [-0.1, -0.05) is 58.7 Å². The van der Waals surface area contributed by atoms with Crippen molar-refractivity contribution in [2.75, 3.05) is 0 Å². The van der Waals surface area contributed by atoms with Gasteiger partial charge in [-0.3, -0.25) is 0 Å². The van der Waals surface area contributed by atoms with E-state index < -0.39 is 17.7 Å². The SMILES string of the molecule is CC1=NOC(C(=O)O)(C(OCc2ccc(C)cc2)c2ccc(Cl)cc2)C1. The van der Waals surface area contributed by atoms with E-state index in [-0.39, 0.29) is 13.0 Å². The Bertz CT molecular complexity index is 817. The van der Waals surface area contributed by atoms with Crippen molar-refractivity contribution in [1.29, 1.82) is 0 Å². The molecule has 26 heavy (non-hydrogen) atoms. The van der Waals surface area contributed by atoms with Crippen molar-refractivity contribution >= 4 is 23.3 Å². The van der Waals surface area contributed by atoms with E-state index in [0.29, 0.717) is 16.3 Å². The summed E-state index contributed by atoms with van der Waals surface area (Å²) in [5.74, 6) is -1.11. The van der Waals surface area contributed by atoms with Crippen molar-refractivity contribution in [2.45, 2.75) is 38.6 Å². The van der Waals surface area contributed by atoms with Gasteiger partial charge in [0.1, 0.15) is 6.10 Å². The molecule has 2 unspecified atom stereocenters. The first kappa shape index (κ1) is 18.4. The average molecular weight is 374 g/mol. The Hall–Kier alpha value is -2.37. The molecule has 0 bridgehead atoms. The second kappa shape index (κ2) is 7.48. The Labute approximate surface area is 157 Å². The molecule has 6 heteroatoms. The molecule has 1 aliphatic rings. The van der Waals surface area contributed by atoms with Gasteiger partial charge in [-0.05, 0) is 37.1 Å². The number of carboxylic acid groups (broad SMARTS) is 1. The van der Waals surface area contributed by atoms with Gasteiger partial charge in [0.25, 0.3) is 5.60 Å². The van der Waals surface area contributed by atoms with Crippen LogP contribution >= 0.6 is 11.6 Å². The highest BCUT2D eigenvalue weighted by Crippen LogP contribution is 2.40. The Morgan fingerprint density at radius 3 is 2.42 bits per heavy atom. The van der Waals surface area contributed by atoms with Crippen LogP contribution in [0.25, 0.3) is 0 Å². The number of aryl methyl sites for hydroxylation is 1. The third-order valence-corrected chi connectivity index (χ3v) is 4.63. The molecular weight excluding hydrogens is 354 g/mol. The largest absolute Gasteiger partial charge is 0.478 e. The summed E-state index contributed by atoms with van der Waals surface area (Å²) in [6.45, 7) is 4.00. The number of carboxylic acids is 1. The van der Waals surface area contributed by atoms with E-state index in [0.717, 1.165) is 11.1 Å². The summed E-state index contributed by atoms with van der Waals surface area (Å²) in [6, 6.07) is 14.8. The molecule has 0 saturated heterocycles. The van der Waals surface area contributed by atoms with Gasteiger partial charge in [-0.2, -0.15) is 0 Å². The molecule has 0 amide bonds. The molecule has 0 aromatic heterocycles. The summed E-state index contributed by atoms with van der Waals surface area (Å²) in [7, 11) is 0. The molecule has 2 atom stereocenters. The second-order valence-electron chi connectivity index (χ2n) is 6.52. The van der Waals surface area contributed by atoms with Crippen LogP contribution in [0.2, 0.25) is 5.02 Å². The molecule has 2 aromatic rings. The summed E-state index contributed by atoms with van der Waals surface area (Å²) >= 11 is 5.97. The standard InChI is InChI=1S/C20H20ClNO4/c1-13-3-5-15(6-4-13)12-25-18(16-7-9-17(21)10-8-16)20(19(23)24)11-14(2)22-26-20/h3-10,18H,11-12H2,1-2H3,(H,23,24). The molecule has 136 valence electrons. The molecule has 1 heterocycles. The van der Waals surface area contributed by atoms with Crippen LogP contribution in [0.5, 0.6) is 0 Å². The number of benzene rings is 2. The van der Waals surface area contributed by atoms with Gasteiger partial charge in [0, 0.05) is 11.4 Å². The van der Waals surface area contributed by atoms with E-state index in [2.05, 4.69) is 5.16 Å². The second-order valence-corrected chi connectivity index (χ2v) is 6.95. The number of carbonyl (C=O) groups is 1. The maximum atomic E-state index is 12.1. The van der Waals surface area contributed by atoms with Crippen LogP contribution in [-0.2, 0) is 21.0 Å². The third kappa shape index (κ3) is 3.74. The lowest BCUT2D eigenvalue weighted by Gasteiger charge is -2.31. The lowest BCUT2D eigenvalue weighted by molar-refractivity contribution is -0.187. The van der Waals surface area contributed by atoms with Crippen molar-refractivity contribution in [3.63, 3.8) is 0 Å². The van der Waals surface area contributed by atoms with E-state index in [9.17, 15) is 9.90 Å². The number of hydrogen-bond acceptors (Lipinski definition) is 4. The smallest absolute Gasteiger partial charge is 0.354 e. The van der Waals surface area contributed by atoms with E-state index in [1.165, 1.54) is 0 Å². The summed E-state index contributed by atoms with van der Waals surface area (Å²) in [6.07, 6.45) is -0.677. The topological polar surface area (TPSA) is 68.1 Å². The van der Waals surface area contributed by atoms with Gasteiger partial charge in [0.05, 0.1) is 12.3 Å². The zero-order valence-electron chi connectivity index (χ0n) is 14.6. The molecule has 0 saturated carbocycles. The number of hydrogen-bond donors (Lipinski definition) is 1. The van der Waals surface area contributed by atoms with Crippen LogP contribution in [0, 0.1) is 6.92 Å². The molecule has 2 aromatic carbocycles. The predicted octanol–water partition coefficient (Wildman–Crippen LogP) is 4.53. The van der Waals surface area contributed by atoms with E-state index >= 15 is 0 Å². The van der Waals surface area contributed by atoms with Crippen LogP contribution < -0.4 is 0 Å². The van der Waals surface area contributed by atoms with Gasteiger partial charge >= 0.3 is 5.97 Å². The minimum absolute atomic E-state index is 0.156. The molecule has 3 rings (SSSR count). The highest BCUT2D eigenvalue weighted by Gasteiger charge is 2.54. The van der Waals surface area contributed by atoms with E-state index in [4.69, 9.17) is 21.2 Å². The van der Waals surface area contributed by atoms with Crippen LogP contribution in [0.15, 0.2) is 53.7 Å². The van der Waals surface area contributed by atoms with E-state index in [1.807, 2.05) is 31.2 Å². The summed E-state index contributed by atoms with van der Waals surface area (Å²) in [5.41, 5.74) is 1.79. The van der Waals surface area contributed by atoms with Crippen molar-refractivity contribution in [3.05, 3.63) is 70.2 Å². The molecule has 0 radical (unpaired) electrons. The Balaban J connectivity index is 1.92. The number of oxime groups is 1. The number of ether oxygens (including phenoxy) is 1. The Kier molecular flexibility index (Phi) is 5.30. The molecule has 0 aliphatic carbocycles. The van der Waals surface area contributed by atoms with Crippen LogP contribution in [-0.4, -0.2) is 22.4 Å². The molecule has 0 spiro atoms. The van der Waals surface area contributed by atoms with Gasteiger partial charge < -0.3 is 14.7 Å². The highest BCUT2D eigenvalue weighted by molar-refractivity contribution is 6.30. The molecule has 5 nitrogen and oxygen atoms in total. The van der Waals surface area contributed by atoms with Crippen LogP contribution in [0.1, 0.15) is 36.1 Å². The summed E-state index contributed by atoms with van der Waals surface area (Å²) in [4.78, 5) is 17.5. The van der Waals surface area contributed by atoms with E-state index in [1.54, 1.807) is 31.2 Å². The van der Waals surface area contributed by atoms with Gasteiger partial charge in [-0.15, -0.1) is 0 Å². The maximum absolute atomic E-state index is 12.1. The number of rotatable bonds is 6. The first-order valence-electron chi connectivity index (χ1n) is 8.28. The van der Waals surface area contributed by atoms with Crippen LogP contribution in [0.4, 0.5) is 0 Å². The van der Waals surface area contributed by atoms with Crippen LogP contribution in [0.3, 0.4) is 0 Å². The van der Waals surface area contributed by atoms with Crippen molar-refractivity contribution < 1.29 is 19.5 Å². The zero-order chi connectivity index (χ0) is 18.7. The number of aliphatic carboxylic acids is 1. The Morgan fingerprint density at radius 2 is 1.88 bits per heavy atom. The van der Waals surface area contributed by atoms with Crippen molar-refractivity contribution in [3.8, 4) is 0 Å². The number of halogens is 1. The number of nitrogens with zero attached hydrogens (tertiary/aromatic N) is 1. The highest BCUT2D eigenvalue weighted by atomic mass is 35.5. The van der Waals surface area contributed by atoms with Gasteiger partial charge in [0.15, 0.2) is 0 Å². The minimum Gasteiger partial charge on any atom is -0.478 e. The summed E-state index contributed by atoms with van der Waals surface area (Å²) in [5, 5.41) is 14.3. The fourth-order valence-corrected chi connectivity index (χ4v) is 3.10. The Morgan fingerprint density at radius 1 is 1.23 bits per heavy atom. The quantitative estimate of drug-likeness (QED) is 0.807. The normalized spacial score (nSPS) is 20.3. The first-order chi connectivity index (χ1) is 12.4. The minimum atomic E-state index is -1.59. The maximum Gasteiger partial charge on any atom is 0.354 e. The third-order valence-electron chi connectivity index (χ3n) is 4.38. The van der Waals surface area contributed by atoms with Gasteiger partial charge in [-0.25, -0.2) is 4.79 Å². The molecular formula is C20H20ClNO4. The predicted molar refractivity (Wildman–Crippen MR) is 99.3 cm³/mol. The summed E-state index contributed by atoms with van der Waals surface area (Å²) < 4.78 is 6.07.